The normalized spacial score (nSPS) is 11.4. The number of benzene rings is 2. The number of carbonyl (C=O) groups is 1. The molecule has 2 aromatic heterocycles. The van der Waals surface area contributed by atoms with Gasteiger partial charge >= 0.3 is 0 Å². The fourth-order valence-corrected chi connectivity index (χ4v) is 3.74. The predicted octanol–water partition coefficient (Wildman–Crippen LogP) is 4.37. The average Bonchev–Trinajstić information content (AvgIpc) is 3.05. The summed E-state index contributed by atoms with van der Waals surface area (Å²) in [6, 6.07) is 11.1. The zero-order valence-electron chi connectivity index (χ0n) is 12.0. The summed E-state index contributed by atoms with van der Waals surface area (Å²) >= 11 is 1.22. The number of hydrogen-bond acceptors (Lipinski definition) is 3. The molecular formula is C17H10F2N2OS. The van der Waals surface area contributed by atoms with E-state index in [9.17, 15) is 13.6 Å². The molecule has 0 saturated carbocycles. The molecule has 0 aliphatic rings. The largest absolute Gasteiger partial charge is 0.288 e. The van der Waals surface area contributed by atoms with E-state index >= 15 is 0 Å². The summed E-state index contributed by atoms with van der Waals surface area (Å²) in [7, 11) is 0. The van der Waals surface area contributed by atoms with E-state index in [1.807, 2.05) is 6.07 Å². The van der Waals surface area contributed by atoms with Gasteiger partial charge in [0.05, 0.1) is 15.9 Å². The smallest absolute Gasteiger partial charge is 0.204 e. The van der Waals surface area contributed by atoms with Crippen LogP contribution in [0.1, 0.15) is 20.9 Å². The predicted molar refractivity (Wildman–Crippen MR) is 85.1 cm³/mol. The molecule has 0 amide bonds. The summed E-state index contributed by atoms with van der Waals surface area (Å²) in [5, 5.41) is 0. The van der Waals surface area contributed by atoms with E-state index in [4.69, 9.17) is 0 Å². The van der Waals surface area contributed by atoms with Gasteiger partial charge in [0.15, 0.2) is 16.6 Å². The summed E-state index contributed by atoms with van der Waals surface area (Å²) in [5.41, 5.74) is 2.09. The first-order valence-electron chi connectivity index (χ1n) is 6.92. The van der Waals surface area contributed by atoms with Gasteiger partial charge in [0, 0.05) is 23.4 Å². The Morgan fingerprint density at radius 3 is 2.57 bits per heavy atom. The summed E-state index contributed by atoms with van der Waals surface area (Å²) in [4.78, 5) is 18.0. The molecule has 0 atom stereocenters. The van der Waals surface area contributed by atoms with Gasteiger partial charge in [-0.1, -0.05) is 41.7 Å². The Labute approximate surface area is 133 Å². The van der Waals surface area contributed by atoms with Crippen molar-refractivity contribution in [1.82, 2.24) is 9.38 Å². The molecule has 0 N–H and O–H groups in total. The fourth-order valence-electron chi connectivity index (χ4n) is 2.64. The average molecular weight is 328 g/mol. The van der Waals surface area contributed by atoms with Gasteiger partial charge in [-0.25, -0.2) is 13.8 Å². The van der Waals surface area contributed by atoms with Gasteiger partial charge < -0.3 is 0 Å². The zero-order chi connectivity index (χ0) is 16.1. The zero-order valence-corrected chi connectivity index (χ0v) is 12.8. The van der Waals surface area contributed by atoms with Crippen molar-refractivity contribution >= 4 is 33.1 Å². The molecule has 2 heterocycles. The SMILES string of the molecule is Cc1c(C(=O)c2ccccc2)sc2nc3cc(F)c(F)cc3n12. The number of aryl methyl sites for hydroxylation is 1. The molecule has 0 spiro atoms. The molecule has 2 aromatic carbocycles. The molecule has 23 heavy (non-hydrogen) atoms. The maximum Gasteiger partial charge on any atom is 0.204 e. The molecule has 0 radical (unpaired) electrons. The number of thiazole rings is 1. The topological polar surface area (TPSA) is 34.4 Å². The van der Waals surface area contributed by atoms with Crippen molar-refractivity contribution in [1.29, 1.82) is 0 Å². The third-order valence-corrected chi connectivity index (χ3v) is 4.91. The number of imidazole rings is 1. The van der Waals surface area contributed by atoms with Gasteiger partial charge in [-0.15, -0.1) is 0 Å². The van der Waals surface area contributed by atoms with Gasteiger partial charge in [-0.05, 0) is 6.92 Å². The van der Waals surface area contributed by atoms with E-state index in [0.29, 0.717) is 32.1 Å². The number of nitrogens with zero attached hydrogens (tertiary/aromatic N) is 2. The Hall–Kier alpha value is -2.60. The van der Waals surface area contributed by atoms with Crippen molar-refractivity contribution in [2.45, 2.75) is 6.92 Å². The van der Waals surface area contributed by atoms with E-state index in [-0.39, 0.29) is 5.78 Å². The quantitative estimate of drug-likeness (QED) is 0.512. The van der Waals surface area contributed by atoms with Gasteiger partial charge in [-0.2, -0.15) is 0 Å². The number of fused-ring (bicyclic) bond motifs is 3. The van der Waals surface area contributed by atoms with Crippen LogP contribution >= 0.6 is 11.3 Å². The van der Waals surface area contributed by atoms with Gasteiger partial charge in [0.1, 0.15) is 0 Å². The second kappa shape index (κ2) is 4.96. The van der Waals surface area contributed by atoms with Gasteiger partial charge in [-0.3, -0.25) is 9.20 Å². The highest BCUT2D eigenvalue weighted by Gasteiger charge is 2.21. The highest BCUT2D eigenvalue weighted by atomic mass is 32.1. The number of aromatic nitrogens is 2. The van der Waals surface area contributed by atoms with Gasteiger partial charge in [0.25, 0.3) is 0 Å². The van der Waals surface area contributed by atoms with E-state index in [2.05, 4.69) is 4.98 Å². The van der Waals surface area contributed by atoms with Crippen LogP contribution in [0.2, 0.25) is 0 Å². The number of ketones is 1. The highest BCUT2D eigenvalue weighted by molar-refractivity contribution is 7.19. The Morgan fingerprint density at radius 2 is 1.83 bits per heavy atom. The van der Waals surface area contributed by atoms with Crippen LogP contribution < -0.4 is 0 Å². The molecule has 114 valence electrons. The molecule has 0 saturated heterocycles. The minimum atomic E-state index is -0.930. The maximum atomic E-state index is 13.5. The maximum absolute atomic E-state index is 13.5. The Kier molecular flexibility index (Phi) is 3.02. The standard InChI is InChI=1S/C17H10F2N2OS/c1-9-16(15(22)10-5-3-2-4-6-10)23-17-20-13-7-11(18)12(19)8-14(13)21(9)17/h2-8H,1H3. The van der Waals surface area contributed by atoms with E-state index in [1.165, 1.54) is 11.3 Å². The van der Waals surface area contributed by atoms with Crippen LogP contribution in [0.5, 0.6) is 0 Å². The molecular weight excluding hydrogens is 318 g/mol. The monoisotopic (exact) mass is 328 g/mol. The number of carbonyl (C=O) groups excluding carboxylic acids is 1. The van der Waals surface area contributed by atoms with E-state index < -0.39 is 11.6 Å². The molecule has 0 bridgehead atoms. The number of rotatable bonds is 2. The van der Waals surface area contributed by atoms with Crippen molar-refractivity contribution in [3.8, 4) is 0 Å². The minimum Gasteiger partial charge on any atom is -0.288 e. The lowest BCUT2D eigenvalue weighted by atomic mass is 10.1. The van der Waals surface area contributed by atoms with Crippen molar-refractivity contribution in [2.75, 3.05) is 0 Å². The van der Waals surface area contributed by atoms with Crippen LogP contribution in [0.25, 0.3) is 16.0 Å². The third-order valence-electron chi connectivity index (χ3n) is 3.77. The van der Waals surface area contributed by atoms with Crippen LogP contribution in [-0.2, 0) is 0 Å². The van der Waals surface area contributed by atoms with Crippen LogP contribution in [0.3, 0.4) is 0 Å². The van der Waals surface area contributed by atoms with Crippen molar-refractivity contribution < 1.29 is 13.6 Å². The summed E-state index contributed by atoms with van der Waals surface area (Å²) in [6.07, 6.45) is 0. The lowest BCUT2D eigenvalue weighted by molar-refractivity contribution is 0.104. The molecule has 4 rings (SSSR count). The number of halogens is 2. The van der Waals surface area contributed by atoms with Crippen LogP contribution in [0.4, 0.5) is 8.78 Å². The van der Waals surface area contributed by atoms with E-state index in [1.54, 1.807) is 35.6 Å². The van der Waals surface area contributed by atoms with Crippen LogP contribution in [0, 0.1) is 18.6 Å². The second-order valence-corrected chi connectivity index (χ2v) is 6.17. The van der Waals surface area contributed by atoms with Gasteiger partial charge in [0.2, 0.25) is 5.78 Å². The summed E-state index contributed by atoms with van der Waals surface area (Å²) < 4.78 is 28.6. The lowest BCUT2D eigenvalue weighted by Crippen LogP contribution is -2.01. The molecule has 4 aromatic rings. The Balaban J connectivity index is 1.95. The molecule has 0 aliphatic heterocycles. The molecule has 0 fully saturated rings. The summed E-state index contributed by atoms with van der Waals surface area (Å²) in [5.74, 6) is -1.96. The molecule has 6 heteroatoms. The van der Waals surface area contributed by atoms with Crippen LogP contribution in [-0.4, -0.2) is 15.2 Å². The van der Waals surface area contributed by atoms with Crippen molar-refractivity contribution in [3.63, 3.8) is 0 Å². The van der Waals surface area contributed by atoms with Crippen LogP contribution in [0.15, 0.2) is 42.5 Å². The fraction of sp³-hybridized carbons (Fsp3) is 0.0588. The molecule has 0 aliphatic carbocycles. The summed E-state index contributed by atoms with van der Waals surface area (Å²) in [6.45, 7) is 1.78. The van der Waals surface area contributed by atoms with E-state index in [0.717, 1.165) is 12.1 Å². The highest BCUT2D eigenvalue weighted by Crippen LogP contribution is 2.30. The van der Waals surface area contributed by atoms with Crippen molar-refractivity contribution in [3.05, 3.63) is 70.2 Å². The first kappa shape index (κ1) is 14.0. The minimum absolute atomic E-state index is 0.102. The Morgan fingerprint density at radius 1 is 1.13 bits per heavy atom. The third kappa shape index (κ3) is 2.06. The lowest BCUT2D eigenvalue weighted by Gasteiger charge is -2.00. The molecule has 3 nitrogen and oxygen atoms in total. The first-order valence-corrected chi connectivity index (χ1v) is 7.74. The second-order valence-electron chi connectivity index (χ2n) is 5.20. The first-order chi connectivity index (χ1) is 11.1. The number of hydrogen-bond donors (Lipinski definition) is 0. The molecule has 0 unspecified atom stereocenters. The van der Waals surface area contributed by atoms with Crippen molar-refractivity contribution in [2.24, 2.45) is 0 Å². The Bertz CT molecular complexity index is 1070.